The van der Waals surface area contributed by atoms with Crippen LogP contribution < -0.4 is 9.64 Å². The summed E-state index contributed by atoms with van der Waals surface area (Å²) in [5, 5.41) is 0. The molecule has 1 aromatic rings. The molecule has 0 N–H and O–H groups in total. The predicted octanol–water partition coefficient (Wildman–Crippen LogP) is 0.980. The van der Waals surface area contributed by atoms with Gasteiger partial charge in [-0.1, -0.05) is 12.1 Å². The number of nitrogens with zero attached hydrogens (tertiary/aromatic N) is 3. The van der Waals surface area contributed by atoms with Crippen LogP contribution in [0.1, 0.15) is 13.8 Å². The number of ether oxygens (including phenoxy) is 2. The highest BCUT2D eigenvalue weighted by atomic mass is 16.5. The minimum atomic E-state index is -0.419. The molecule has 0 aromatic heterocycles. The van der Waals surface area contributed by atoms with Crippen molar-refractivity contribution in [2.24, 2.45) is 0 Å². The lowest BCUT2D eigenvalue weighted by atomic mass is 10.2. The maximum absolute atomic E-state index is 12.6. The Balaban J connectivity index is 1.59. The van der Waals surface area contributed by atoms with Crippen molar-refractivity contribution in [2.45, 2.75) is 26.1 Å². The standard InChI is InChI=1S/C19H27N3O4/c1-14-12-22(13-15(2)26-14)19(24)18(23)21-10-8-20(9-11-21)16-6-4-5-7-17(16)25-3/h4-7,14-15H,8-13H2,1-3H3. The summed E-state index contributed by atoms with van der Waals surface area (Å²) in [5.41, 5.74) is 1.02. The van der Waals surface area contributed by atoms with E-state index < -0.39 is 11.8 Å². The molecule has 2 amide bonds. The quantitative estimate of drug-likeness (QED) is 0.735. The summed E-state index contributed by atoms with van der Waals surface area (Å²) in [6, 6.07) is 7.85. The Morgan fingerprint density at radius 2 is 1.54 bits per heavy atom. The molecule has 0 radical (unpaired) electrons. The van der Waals surface area contributed by atoms with E-state index in [2.05, 4.69) is 4.90 Å². The van der Waals surface area contributed by atoms with Crippen LogP contribution in [-0.2, 0) is 14.3 Å². The van der Waals surface area contributed by atoms with Crippen molar-refractivity contribution in [2.75, 3.05) is 51.3 Å². The number of para-hydroxylation sites is 2. The van der Waals surface area contributed by atoms with Gasteiger partial charge in [-0.3, -0.25) is 9.59 Å². The number of amides is 2. The number of hydrogen-bond acceptors (Lipinski definition) is 5. The van der Waals surface area contributed by atoms with Gasteiger partial charge in [-0.2, -0.15) is 0 Å². The molecule has 0 saturated carbocycles. The van der Waals surface area contributed by atoms with Crippen molar-refractivity contribution in [1.82, 2.24) is 9.80 Å². The fraction of sp³-hybridized carbons (Fsp3) is 0.579. The highest BCUT2D eigenvalue weighted by molar-refractivity contribution is 6.35. The predicted molar refractivity (Wildman–Crippen MR) is 98.4 cm³/mol. The molecule has 2 aliphatic heterocycles. The summed E-state index contributed by atoms with van der Waals surface area (Å²) in [6.45, 7) is 7.19. The van der Waals surface area contributed by atoms with E-state index in [9.17, 15) is 9.59 Å². The second-order valence-electron chi connectivity index (χ2n) is 6.92. The Morgan fingerprint density at radius 3 is 2.15 bits per heavy atom. The normalized spacial score (nSPS) is 23.7. The molecule has 26 heavy (non-hydrogen) atoms. The van der Waals surface area contributed by atoms with Crippen molar-refractivity contribution in [3.05, 3.63) is 24.3 Å². The van der Waals surface area contributed by atoms with Crippen LogP contribution in [0.2, 0.25) is 0 Å². The second kappa shape index (κ2) is 7.95. The van der Waals surface area contributed by atoms with E-state index in [-0.39, 0.29) is 12.2 Å². The molecule has 2 saturated heterocycles. The van der Waals surface area contributed by atoms with E-state index in [1.807, 2.05) is 38.1 Å². The number of rotatable bonds is 2. The molecule has 2 fully saturated rings. The van der Waals surface area contributed by atoms with Gasteiger partial charge in [-0.15, -0.1) is 0 Å². The maximum atomic E-state index is 12.6. The van der Waals surface area contributed by atoms with Crippen molar-refractivity contribution >= 4 is 17.5 Å². The van der Waals surface area contributed by atoms with Gasteiger partial charge in [0.25, 0.3) is 0 Å². The summed E-state index contributed by atoms with van der Waals surface area (Å²) in [7, 11) is 1.65. The number of piperazine rings is 1. The van der Waals surface area contributed by atoms with Gasteiger partial charge in [0.15, 0.2) is 0 Å². The SMILES string of the molecule is COc1ccccc1N1CCN(C(=O)C(=O)N2CC(C)OC(C)C2)CC1. The average molecular weight is 361 g/mol. The number of anilines is 1. The smallest absolute Gasteiger partial charge is 0.312 e. The Labute approximate surface area is 154 Å². The molecule has 7 heteroatoms. The largest absolute Gasteiger partial charge is 0.495 e. The van der Waals surface area contributed by atoms with Crippen LogP contribution in [0.5, 0.6) is 5.75 Å². The Kier molecular flexibility index (Phi) is 5.66. The average Bonchev–Trinajstić information content (AvgIpc) is 2.66. The first kappa shape index (κ1) is 18.5. The lowest BCUT2D eigenvalue weighted by molar-refractivity contribution is -0.158. The summed E-state index contributed by atoms with van der Waals surface area (Å²) in [6.07, 6.45) is -0.0872. The Hall–Kier alpha value is -2.28. The van der Waals surface area contributed by atoms with Crippen molar-refractivity contribution in [3.63, 3.8) is 0 Å². The van der Waals surface area contributed by atoms with Crippen LogP contribution in [0.4, 0.5) is 5.69 Å². The van der Waals surface area contributed by atoms with Gasteiger partial charge in [-0.05, 0) is 26.0 Å². The first-order valence-electron chi connectivity index (χ1n) is 9.11. The van der Waals surface area contributed by atoms with Crippen molar-refractivity contribution < 1.29 is 19.1 Å². The van der Waals surface area contributed by atoms with E-state index in [0.717, 1.165) is 11.4 Å². The minimum absolute atomic E-state index is 0.0436. The molecule has 0 bridgehead atoms. The Bertz CT molecular complexity index is 648. The molecule has 0 spiro atoms. The number of morpholine rings is 1. The van der Waals surface area contributed by atoms with Gasteiger partial charge in [-0.25, -0.2) is 0 Å². The molecule has 7 nitrogen and oxygen atoms in total. The highest BCUT2D eigenvalue weighted by Gasteiger charge is 2.33. The molecular weight excluding hydrogens is 334 g/mol. The third-order valence-electron chi connectivity index (χ3n) is 4.88. The fourth-order valence-corrected chi connectivity index (χ4v) is 3.66. The number of carbonyl (C=O) groups is 2. The molecule has 3 rings (SSSR count). The van der Waals surface area contributed by atoms with Gasteiger partial charge in [0, 0.05) is 39.3 Å². The molecule has 2 aliphatic rings. The zero-order valence-corrected chi connectivity index (χ0v) is 15.7. The molecule has 1 aromatic carbocycles. The molecule has 0 aliphatic carbocycles. The van der Waals surface area contributed by atoms with Crippen LogP contribution in [0.3, 0.4) is 0 Å². The van der Waals surface area contributed by atoms with Crippen LogP contribution >= 0.6 is 0 Å². The lowest BCUT2D eigenvalue weighted by Gasteiger charge is -2.38. The molecular formula is C19H27N3O4. The second-order valence-corrected chi connectivity index (χ2v) is 6.92. The minimum Gasteiger partial charge on any atom is -0.495 e. The van der Waals surface area contributed by atoms with E-state index >= 15 is 0 Å². The Morgan fingerprint density at radius 1 is 0.962 bits per heavy atom. The van der Waals surface area contributed by atoms with Gasteiger partial charge < -0.3 is 24.2 Å². The first-order chi connectivity index (χ1) is 12.5. The summed E-state index contributed by atoms with van der Waals surface area (Å²) in [5.74, 6) is -0.0108. The van der Waals surface area contributed by atoms with E-state index in [1.54, 1.807) is 16.9 Å². The third-order valence-corrected chi connectivity index (χ3v) is 4.88. The van der Waals surface area contributed by atoms with E-state index in [0.29, 0.717) is 39.3 Å². The molecule has 2 heterocycles. The lowest BCUT2D eigenvalue weighted by Crippen LogP contribution is -2.56. The fourth-order valence-electron chi connectivity index (χ4n) is 3.66. The third kappa shape index (κ3) is 3.93. The van der Waals surface area contributed by atoms with Gasteiger partial charge in [0.1, 0.15) is 5.75 Å². The van der Waals surface area contributed by atoms with E-state index in [4.69, 9.17) is 9.47 Å². The molecule has 142 valence electrons. The van der Waals surface area contributed by atoms with Gasteiger partial charge in [0.2, 0.25) is 0 Å². The van der Waals surface area contributed by atoms with Gasteiger partial charge >= 0.3 is 11.8 Å². The van der Waals surface area contributed by atoms with Gasteiger partial charge in [0.05, 0.1) is 25.0 Å². The number of carbonyl (C=O) groups excluding carboxylic acids is 2. The van der Waals surface area contributed by atoms with Crippen LogP contribution in [-0.4, -0.2) is 80.2 Å². The number of methoxy groups -OCH3 is 1. The number of hydrogen-bond donors (Lipinski definition) is 0. The van der Waals surface area contributed by atoms with Crippen LogP contribution in [0, 0.1) is 0 Å². The van der Waals surface area contributed by atoms with Crippen LogP contribution in [0.25, 0.3) is 0 Å². The monoisotopic (exact) mass is 361 g/mol. The summed E-state index contributed by atoms with van der Waals surface area (Å²) < 4.78 is 11.1. The molecule has 2 atom stereocenters. The van der Waals surface area contributed by atoms with Crippen molar-refractivity contribution in [3.8, 4) is 5.75 Å². The zero-order chi connectivity index (χ0) is 18.7. The topological polar surface area (TPSA) is 62.3 Å². The number of benzene rings is 1. The summed E-state index contributed by atoms with van der Waals surface area (Å²) >= 11 is 0. The highest BCUT2D eigenvalue weighted by Crippen LogP contribution is 2.28. The zero-order valence-electron chi connectivity index (χ0n) is 15.7. The van der Waals surface area contributed by atoms with Crippen LogP contribution in [0.15, 0.2) is 24.3 Å². The maximum Gasteiger partial charge on any atom is 0.312 e. The summed E-state index contributed by atoms with van der Waals surface area (Å²) in [4.78, 5) is 30.7. The molecule has 2 unspecified atom stereocenters. The van der Waals surface area contributed by atoms with E-state index in [1.165, 1.54) is 0 Å². The first-order valence-corrected chi connectivity index (χ1v) is 9.11. The van der Waals surface area contributed by atoms with Crippen molar-refractivity contribution in [1.29, 1.82) is 0 Å².